The Labute approximate surface area is 164 Å². The molecule has 6 heteroatoms. The van der Waals surface area contributed by atoms with Crippen LogP contribution in [-0.4, -0.2) is 16.1 Å². The minimum Gasteiger partial charge on any atom is -0.478 e. The van der Waals surface area contributed by atoms with Crippen LogP contribution in [0, 0.1) is 0 Å². The van der Waals surface area contributed by atoms with Gasteiger partial charge in [-0.3, -0.25) is 0 Å². The summed E-state index contributed by atoms with van der Waals surface area (Å²) in [5.74, 6) is -0.457. The molecule has 0 bridgehead atoms. The summed E-state index contributed by atoms with van der Waals surface area (Å²) in [6, 6.07) is 14.6. The van der Waals surface area contributed by atoms with E-state index in [1.807, 2.05) is 30.3 Å². The van der Waals surface area contributed by atoms with Crippen LogP contribution in [0.4, 0.5) is 22.9 Å². The van der Waals surface area contributed by atoms with Crippen molar-refractivity contribution in [2.45, 2.75) is 26.2 Å². The van der Waals surface area contributed by atoms with Gasteiger partial charge in [-0.15, -0.1) is 0 Å². The van der Waals surface area contributed by atoms with Crippen LogP contribution >= 0.6 is 0 Å². The highest BCUT2D eigenvalue weighted by Crippen LogP contribution is 2.39. The van der Waals surface area contributed by atoms with Gasteiger partial charge in [0.1, 0.15) is 0 Å². The van der Waals surface area contributed by atoms with E-state index in [0.717, 1.165) is 22.4 Å². The number of anilines is 4. The van der Waals surface area contributed by atoms with Crippen molar-refractivity contribution in [3.8, 4) is 11.1 Å². The molecule has 0 aliphatic rings. The fourth-order valence-corrected chi connectivity index (χ4v) is 3.12. The second kappa shape index (κ2) is 7.23. The maximum atomic E-state index is 11.5. The van der Waals surface area contributed by atoms with Crippen molar-refractivity contribution in [3.05, 3.63) is 65.9 Å². The first-order valence-electron chi connectivity index (χ1n) is 8.92. The highest BCUT2D eigenvalue weighted by atomic mass is 16.4. The zero-order chi connectivity index (χ0) is 20.5. The third-order valence-electron chi connectivity index (χ3n) is 4.56. The summed E-state index contributed by atoms with van der Waals surface area (Å²) < 4.78 is 0. The third kappa shape index (κ3) is 3.76. The second-order valence-corrected chi connectivity index (χ2v) is 7.65. The van der Waals surface area contributed by atoms with E-state index in [1.165, 1.54) is 0 Å². The average Bonchev–Trinajstić information content (AvgIpc) is 2.63. The Hall–Kier alpha value is -3.54. The molecule has 0 amide bonds. The maximum Gasteiger partial charge on any atom is 0.337 e. The van der Waals surface area contributed by atoms with Gasteiger partial charge in [0.2, 0.25) is 0 Å². The van der Waals surface area contributed by atoms with Gasteiger partial charge >= 0.3 is 5.97 Å². The van der Waals surface area contributed by atoms with E-state index in [2.05, 4.69) is 31.1 Å². The number of carbonyl (C=O) groups is 1. The van der Waals surface area contributed by atoms with Gasteiger partial charge < -0.3 is 21.9 Å². The van der Waals surface area contributed by atoms with Crippen LogP contribution in [0.1, 0.15) is 36.7 Å². The number of nitrogens with one attached hydrogen (secondary N) is 1. The van der Waals surface area contributed by atoms with Gasteiger partial charge in [0.05, 0.1) is 16.9 Å². The third-order valence-corrected chi connectivity index (χ3v) is 4.56. The number of aromatic carboxylic acids is 1. The zero-order valence-corrected chi connectivity index (χ0v) is 16.2. The first kappa shape index (κ1) is 19.2. The van der Waals surface area contributed by atoms with Crippen LogP contribution in [-0.2, 0) is 5.41 Å². The summed E-state index contributed by atoms with van der Waals surface area (Å²) in [7, 11) is 0. The van der Waals surface area contributed by atoms with Crippen molar-refractivity contribution in [1.29, 1.82) is 0 Å². The highest BCUT2D eigenvalue weighted by Gasteiger charge is 2.24. The van der Waals surface area contributed by atoms with E-state index in [1.54, 1.807) is 24.4 Å². The van der Waals surface area contributed by atoms with Crippen LogP contribution < -0.4 is 16.8 Å². The molecule has 0 fully saturated rings. The minimum absolute atomic E-state index is 0.103. The number of rotatable bonds is 4. The lowest BCUT2D eigenvalue weighted by atomic mass is 9.80. The molecule has 6 nitrogen and oxygen atoms in total. The van der Waals surface area contributed by atoms with Crippen molar-refractivity contribution < 1.29 is 9.90 Å². The van der Waals surface area contributed by atoms with Gasteiger partial charge in [0.25, 0.3) is 0 Å². The molecular formula is C22H24N4O2. The van der Waals surface area contributed by atoms with Crippen molar-refractivity contribution in [1.82, 2.24) is 4.98 Å². The topological polar surface area (TPSA) is 114 Å². The number of aromatic nitrogens is 1. The molecule has 0 saturated carbocycles. The zero-order valence-electron chi connectivity index (χ0n) is 16.2. The second-order valence-electron chi connectivity index (χ2n) is 7.65. The van der Waals surface area contributed by atoms with Gasteiger partial charge in [0.15, 0.2) is 5.82 Å². The van der Waals surface area contributed by atoms with Gasteiger partial charge in [-0.1, -0.05) is 39.0 Å². The first-order valence-corrected chi connectivity index (χ1v) is 8.92. The molecule has 0 aliphatic heterocycles. The molecule has 1 heterocycles. The summed E-state index contributed by atoms with van der Waals surface area (Å²) in [6.07, 6.45) is 1.67. The van der Waals surface area contributed by atoms with Gasteiger partial charge in [-0.25, -0.2) is 9.78 Å². The molecule has 0 unspecified atom stereocenters. The summed E-state index contributed by atoms with van der Waals surface area (Å²) in [5, 5.41) is 12.6. The fourth-order valence-electron chi connectivity index (χ4n) is 3.12. The standard InChI is InChI=1S/C22H24N4O2/c1-22(2,3)16-11-10-15(21(27)28)19(24)18(16)13-6-8-14(9-7-13)26-20-17(23)5-4-12-25-20/h4-12H,23-24H2,1-3H3,(H,25,26)(H,27,28). The lowest BCUT2D eigenvalue weighted by Gasteiger charge is -2.25. The Morgan fingerprint density at radius 2 is 1.71 bits per heavy atom. The van der Waals surface area contributed by atoms with Crippen LogP contribution in [0.25, 0.3) is 11.1 Å². The predicted molar refractivity (Wildman–Crippen MR) is 114 cm³/mol. The van der Waals surface area contributed by atoms with Crippen molar-refractivity contribution in [3.63, 3.8) is 0 Å². The maximum absolute atomic E-state index is 11.5. The largest absolute Gasteiger partial charge is 0.478 e. The Morgan fingerprint density at radius 1 is 1.04 bits per heavy atom. The van der Waals surface area contributed by atoms with E-state index >= 15 is 0 Å². The molecule has 6 N–H and O–H groups in total. The Bertz CT molecular complexity index is 1020. The van der Waals surface area contributed by atoms with Crippen molar-refractivity contribution in [2.75, 3.05) is 16.8 Å². The predicted octanol–water partition coefficient (Wildman–Crippen LogP) is 4.65. The molecule has 0 atom stereocenters. The molecular weight excluding hydrogens is 352 g/mol. The number of hydrogen-bond donors (Lipinski definition) is 4. The lowest BCUT2D eigenvalue weighted by Crippen LogP contribution is -2.16. The first-order chi connectivity index (χ1) is 13.2. The summed E-state index contributed by atoms with van der Waals surface area (Å²) in [5.41, 5.74) is 16.3. The van der Waals surface area contributed by atoms with Crippen molar-refractivity contribution >= 4 is 28.8 Å². The smallest absolute Gasteiger partial charge is 0.337 e. The summed E-state index contributed by atoms with van der Waals surface area (Å²) in [6.45, 7) is 6.22. The fraction of sp³-hybridized carbons (Fsp3) is 0.182. The molecule has 3 aromatic rings. The normalized spacial score (nSPS) is 11.2. The van der Waals surface area contributed by atoms with E-state index in [-0.39, 0.29) is 16.7 Å². The van der Waals surface area contributed by atoms with Gasteiger partial charge in [0, 0.05) is 17.4 Å². The minimum atomic E-state index is -1.04. The van der Waals surface area contributed by atoms with E-state index < -0.39 is 5.97 Å². The SMILES string of the molecule is CC(C)(C)c1ccc(C(=O)O)c(N)c1-c1ccc(Nc2ncccc2N)cc1. The number of carboxylic acids is 1. The molecule has 0 spiro atoms. The molecule has 0 saturated heterocycles. The van der Waals surface area contributed by atoms with Crippen LogP contribution in [0.3, 0.4) is 0 Å². The Balaban J connectivity index is 2.05. The van der Waals surface area contributed by atoms with Crippen LogP contribution in [0.15, 0.2) is 54.7 Å². The highest BCUT2D eigenvalue weighted by molar-refractivity contribution is 5.99. The van der Waals surface area contributed by atoms with Crippen LogP contribution in [0.2, 0.25) is 0 Å². The molecule has 0 aliphatic carbocycles. The summed E-state index contributed by atoms with van der Waals surface area (Å²) >= 11 is 0. The van der Waals surface area contributed by atoms with E-state index in [0.29, 0.717) is 11.5 Å². The molecule has 28 heavy (non-hydrogen) atoms. The monoisotopic (exact) mass is 376 g/mol. The van der Waals surface area contributed by atoms with Gasteiger partial charge in [-0.2, -0.15) is 0 Å². The summed E-state index contributed by atoms with van der Waals surface area (Å²) in [4.78, 5) is 15.8. The van der Waals surface area contributed by atoms with E-state index in [4.69, 9.17) is 11.5 Å². The number of hydrogen-bond acceptors (Lipinski definition) is 5. The van der Waals surface area contributed by atoms with E-state index in [9.17, 15) is 9.90 Å². The molecule has 3 rings (SSSR count). The molecule has 144 valence electrons. The lowest BCUT2D eigenvalue weighted by molar-refractivity contribution is 0.0698. The number of carboxylic acid groups (broad SMARTS) is 1. The molecule has 2 aromatic carbocycles. The molecule has 0 radical (unpaired) electrons. The van der Waals surface area contributed by atoms with Gasteiger partial charge in [-0.05, 0) is 46.9 Å². The quantitative estimate of drug-likeness (QED) is 0.493. The molecule has 1 aromatic heterocycles. The van der Waals surface area contributed by atoms with Crippen LogP contribution in [0.5, 0.6) is 0 Å². The Kier molecular flexibility index (Phi) is 4.96. The van der Waals surface area contributed by atoms with Crippen molar-refractivity contribution in [2.24, 2.45) is 0 Å². The average molecular weight is 376 g/mol. The number of nitrogens with zero attached hydrogens (tertiary/aromatic N) is 1. The Morgan fingerprint density at radius 3 is 2.29 bits per heavy atom. The number of nitrogens with two attached hydrogens (primary N) is 2. The number of benzene rings is 2. The number of pyridine rings is 1. The number of nitrogen functional groups attached to an aromatic ring is 2.